The van der Waals surface area contributed by atoms with Crippen LogP contribution in [-0.2, 0) is 6.54 Å². The van der Waals surface area contributed by atoms with Crippen molar-refractivity contribution >= 4 is 11.6 Å². The van der Waals surface area contributed by atoms with E-state index in [2.05, 4.69) is 5.10 Å². The van der Waals surface area contributed by atoms with Crippen molar-refractivity contribution < 1.29 is 13.2 Å². The van der Waals surface area contributed by atoms with Crippen LogP contribution in [0, 0.1) is 0 Å². The van der Waals surface area contributed by atoms with Crippen LogP contribution >= 0.6 is 11.6 Å². The van der Waals surface area contributed by atoms with Crippen molar-refractivity contribution in [3.63, 3.8) is 0 Å². The van der Waals surface area contributed by atoms with Crippen LogP contribution in [0.2, 0.25) is 5.02 Å². The van der Waals surface area contributed by atoms with Crippen LogP contribution in [0.3, 0.4) is 0 Å². The highest BCUT2D eigenvalue weighted by atomic mass is 35.5. The number of aromatic nitrogens is 2. The van der Waals surface area contributed by atoms with Crippen LogP contribution in [0.25, 0.3) is 0 Å². The Hall–Kier alpha value is -0.750. The molecule has 0 saturated heterocycles. The summed E-state index contributed by atoms with van der Waals surface area (Å²) in [7, 11) is 0. The standard InChI is InChI=1S/C9H13ClF3N3/c1-2-16-8(6(10)5-15-16)7(14)3-4-9(11,12)13/h5,7H,2-4,14H2,1H3. The molecule has 1 atom stereocenters. The number of halogens is 4. The second-order valence-electron chi connectivity index (χ2n) is 3.45. The van der Waals surface area contributed by atoms with E-state index < -0.39 is 18.6 Å². The first-order valence-electron chi connectivity index (χ1n) is 4.88. The molecular weight excluding hydrogens is 243 g/mol. The molecule has 3 nitrogen and oxygen atoms in total. The lowest BCUT2D eigenvalue weighted by molar-refractivity contribution is -0.136. The minimum absolute atomic E-state index is 0.186. The van der Waals surface area contributed by atoms with Crippen molar-refractivity contribution in [3.05, 3.63) is 16.9 Å². The van der Waals surface area contributed by atoms with Gasteiger partial charge in [0.25, 0.3) is 0 Å². The molecular formula is C9H13ClF3N3. The highest BCUT2D eigenvalue weighted by Gasteiger charge is 2.29. The fourth-order valence-electron chi connectivity index (χ4n) is 1.45. The molecule has 16 heavy (non-hydrogen) atoms. The summed E-state index contributed by atoms with van der Waals surface area (Å²) in [5, 5.41) is 4.24. The molecule has 0 fully saturated rings. The molecule has 0 saturated carbocycles. The number of aryl methyl sites for hydroxylation is 1. The quantitative estimate of drug-likeness (QED) is 0.899. The molecule has 0 aliphatic heterocycles. The van der Waals surface area contributed by atoms with Crippen LogP contribution in [0.5, 0.6) is 0 Å². The van der Waals surface area contributed by atoms with Crippen LogP contribution < -0.4 is 5.73 Å². The van der Waals surface area contributed by atoms with E-state index in [4.69, 9.17) is 17.3 Å². The Balaban J connectivity index is 2.72. The summed E-state index contributed by atoms with van der Waals surface area (Å²) in [6.07, 6.45) is -3.90. The Morgan fingerprint density at radius 1 is 1.56 bits per heavy atom. The number of alkyl halides is 3. The van der Waals surface area contributed by atoms with Gasteiger partial charge in [0.1, 0.15) is 0 Å². The van der Waals surface area contributed by atoms with Gasteiger partial charge in [-0.2, -0.15) is 18.3 Å². The average Bonchev–Trinajstić information content (AvgIpc) is 2.55. The van der Waals surface area contributed by atoms with Crippen molar-refractivity contribution in [3.8, 4) is 0 Å². The Kier molecular flexibility index (Phi) is 4.21. The molecule has 0 radical (unpaired) electrons. The van der Waals surface area contributed by atoms with Gasteiger partial charge >= 0.3 is 6.18 Å². The maximum absolute atomic E-state index is 12.0. The normalized spacial score (nSPS) is 14.1. The van der Waals surface area contributed by atoms with Gasteiger partial charge in [-0.15, -0.1) is 0 Å². The summed E-state index contributed by atoms with van der Waals surface area (Å²) >= 11 is 5.82. The summed E-state index contributed by atoms with van der Waals surface area (Å²) in [6, 6.07) is -0.739. The molecule has 1 unspecified atom stereocenters. The van der Waals surface area contributed by atoms with E-state index in [0.29, 0.717) is 17.3 Å². The third-order valence-electron chi connectivity index (χ3n) is 2.22. The monoisotopic (exact) mass is 255 g/mol. The topological polar surface area (TPSA) is 43.8 Å². The Bertz CT molecular complexity index is 348. The van der Waals surface area contributed by atoms with Gasteiger partial charge in [0, 0.05) is 19.0 Å². The molecule has 0 aliphatic rings. The first-order chi connectivity index (χ1) is 7.35. The first kappa shape index (κ1) is 13.3. The molecule has 1 rings (SSSR count). The SMILES string of the molecule is CCn1ncc(Cl)c1C(N)CCC(F)(F)F. The smallest absolute Gasteiger partial charge is 0.323 e. The molecule has 92 valence electrons. The lowest BCUT2D eigenvalue weighted by atomic mass is 10.1. The van der Waals surface area contributed by atoms with Crippen molar-refractivity contribution in [1.82, 2.24) is 9.78 Å². The Morgan fingerprint density at radius 2 is 2.19 bits per heavy atom. The molecule has 0 aliphatic carbocycles. The predicted molar refractivity (Wildman–Crippen MR) is 55.1 cm³/mol. The molecule has 0 spiro atoms. The van der Waals surface area contributed by atoms with Gasteiger partial charge in [-0.1, -0.05) is 11.6 Å². The fourth-order valence-corrected chi connectivity index (χ4v) is 1.73. The van der Waals surface area contributed by atoms with Gasteiger partial charge < -0.3 is 5.73 Å². The van der Waals surface area contributed by atoms with Gasteiger partial charge in [0.2, 0.25) is 0 Å². The van der Waals surface area contributed by atoms with E-state index in [0.717, 1.165) is 0 Å². The summed E-state index contributed by atoms with van der Waals surface area (Å²) in [5.41, 5.74) is 6.14. The van der Waals surface area contributed by atoms with Crippen LogP contribution in [0.1, 0.15) is 31.5 Å². The van der Waals surface area contributed by atoms with Crippen LogP contribution in [-0.4, -0.2) is 16.0 Å². The van der Waals surface area contributed by atoms with Gasteiger partial charge in [0.05, 0.1) is 16.9 Å². The maximum Gasteiger partial charge on any atom is 0.389 e. The zero-order valence-electron chi connectivity index (χ0n) is 8.76. The van der Waals surface area contributed by atoms with E-state index >= 15 is 0 Å². The van der Waals surface area contributed by atoms with Crippen molar-refractivity contribution in [2.24, 2.45) is 5.73 Å². The summed E-state index contributed by atoms with van der Waals surface area (Å²) < 4.78 is 37.6. The molecule has 0 amide bonds. The van der Waals surface area contributed by atoms with E-state index in [-0.39, 0.29) is 6.42 Å². The van der Waals surface area contributed by atoms with E-state index in [1.54, 1.807) is 0 Å². The van der Waals surface area contributed by atoms with Gasteiger partial charge in [-0.05, 0) is 13.3 Å². The number of hydrogen-bond acceptors (Lipinski definition) is 2. The van der Waals surface area contributed by atoms with E-state index in [1.807, 2.05) is 6.92 Å². The zero-order chi connectivity index (χ0) is 12.3. The summed E-state index contributed by atoms with van der Waals surface area (Å²) in [6.45, 7) is 2.35. The average molecular weight is 256 g/mol. The highest BCUT2D eigenvalue weighted by molar-refractivity contribution is 6.31. The number of nitrogens with two attached hydrogens (primary N) is 1. The van der Waals surface area contributed by atoms with E-state index in [1.165, 1.54) is 10.9 Å². The maximum atomic E-state index is 12.0. The predicted octanol–water partition coefficient (Wildman–Crippen LogP) is 2.90. The van der Waals surface area contributed by atoms with Crippen LogP contribution in [0.4, 0.5) is 13.2 Å². The van der Waals surface area contributed by atoms with Gasteiger partial charge in [-0.3, -0.25) is 4.68 Å². The molecule has 0 aromatic carbocycles. The summed E-state index contributed by atoms with van der Waals surface area (Å²) in [5.74, 6) is 0. The first-order valence-corrected chi connectivity index (χ1v) is 5.26. The summed E-state index contributed by atoms with van der Waals surface area (Å²) in [4.78, 5) is 0. The highest BCUT2D eigenvalue weighted by Crippen LogP contribution is 2.29. The van der Waals surface area contributed by atoms with Gasteiger partial charge in [-0.25, -0.2) is 0 Å². The minimum Gasteiger partial charge on any atom is -0.323 e. The second-order valence-corrected chi connectivity index (χ2v) is 3.86. The molecule has 2 N–H and O–H groups in total. The second kappa shape index (κ2) is 5.05. The molecule has 1 aromatic rings. The van der Waals surface area contributed by atoms with E-state index in [9.17, 15) is 13.2 Å². The minimum atomic E-state index is -4.19. The number of rotatable bonds is 4. The Morgan fingerprint density at radius 3 is 2.69 bits per heavy atom. The number of hydrogen-bond donors (Lipinski definition) is 1. The van der Waals surface area contributed by atoms with Crippen molar-refractivity contribution in [1.29, 1.82) is 0 Å². The molecule has 0 bridgehead atoms. The fraction of sp³-hybridized carbons (Fsp3) is 0.667. The number of nitrogens with zero attached hydrogens (tertiary/aromatic N) is 2. The lowest BCUT2D eigenvalue weighted by Crippen LogP contribution is -2.19. The molecule has 1 heterocycles. The largest absolute Gasteiger partial charge is 0.389 e. The third-order valence-corrected chi connectivity index (χ3v) is 2.51. The zero-order valence-corrected chi connectivity index (χ0v) is 9.52. The van der Waals surface area contributed by atoms with Crippen molar-refractivity contribution in [2.75, 3.05) is 0 Å². The third kappa shape index (κ3) is 3.38. The lowest BCUT2D eigenvalue weighted by Gasteiger charge is -2.15. The van der Waals surface area contributed by atoms with Crippen molar-refractivity contribution in [2.45, 2.75) is 38.5 Å². The Labute approximate surface area is 96.4 Å². The van der Waals surface area contributed by atoms with Gasteiger partial charge in [0.15, 0.2) is 0 Å². The van der Waals surface area contributed by atoms with Crippen LogP contribution in [0.15, 0.2) is 6.20 Å². The molecule has 1 aromatic heterocycles. The molecule has 7 heteroatoms.